The average molecular weight is 155 g/mol. The maximum Gasteiger partial charge on any atom is 0.163 e. The Hall–Kier alpha value is -0.110. The normalized spacial score (nSPS) is 14.0. The van der Waals surface area contributed by atoms with Gasteiger partial charge in [-0.05, 0) is 12.0 Å². The Morgan fingerprint density at radius 3 is 2.55 bits per heavy atom. The monoisotopic (exact) mass is 155 g/mol. The SMILES string of the molecule is O=C1CCc2ccccc21.[Na]. The molecule has 1 aliphatic carbocycles. The van der Waals surface area contributed by atoms with E-state index in [1.807, 2.05) is 24.3 Å². The van der Waals surface area contributed by atoms with E-state index in [2.05, 4.69) is 0 Å². The smallest absolute Gasteiger partial charge is 0.163 e. The minimum Gasteiger partial charge on any atom is -0.294 e. The predicted octanol–water partition coefficient (Wildman–Crippen LogP) is 1.43. The van der Waals surface area contributed by atoms with Gasteiger partial charge in [0.2, 0.25) is 0 Å². The minimum absolute atomic E-state index is 0. The van der Waals surface area contributed by atoms with Crippen molar-refractivity contribution in [3.63, 3.8) is 0 Å². The van der Waals surface area contributed by atoms with Crippen molar-refractivity contribution in [1.29, 1.82) is 0 Å². The molecular formula is C9H8NaO. The van der Waals surface area contributed by atoms with Gasteiger partial charge >= 0.3 is 0 Å². The third-order valence-corrected chi connectivity index (χ3v) is 1.94. The van der Waals surface area contributed by atoms with Gasteiger partial charge < -0.3 is 0 Å². The zero-order valence-corrected chi connectivity index (χ0v) is 8.63. The second-order valence-electron chi connectivity index (χ2n) is 2.58. The molecule has 51 valence electrons. The number of hydrogen-bond acceptors (Lipinski definition) is 1. The van der Waals surface area contributed by atoms with Crippen LogP contribution in [-0.4, -0.2) is 35.3 Å². The Labute approximate surface area is 88.1 Å². The summed E-state index contributed by atoms with van der Waals surface area (Å²) in [6, 6.07) is 7.84. The fourth-order valence-electron chi connectivity index (χ4n) is 1.39. The van der Waals surface area contributed by atoms with Crippen molar-refractivity contribution < 1.29 is 4.79 Å². The summed E-state index contributed by atoms with van der Waals surface area (Å²) in [5, 5.41) is 0. The maximum absolute atomic E-state index is 11.1. The standard InChI is InChI=1S/C9H8O.Na/c10-9-6-5-7-3-1-2-4-8(7)9;/h1-4H,5-6H2;. The van der Waals surface area contributed by atoms with Crippen LogP contribution in [0, 0.1) is 0 Å². The second-order valence-corrected chi connectivity index (χ2v) is 2.58. The molecule has 0 aromatic heterocycles. The predicted molar refractivity (Wildman–Crippen MR) is 44.8 cm³/mol. The Kier molecular flexibility index (Phi) is 2.88. The molecular weight excluding hydrogens is 147 g/mol. The molecule has 0 spiro atoms. The molecule has 0 atom stereocenters. The summed E-state index contributed by atoms with van der Waals surface area (Å²) in [7, 11) is 0. The van der Waals surface area contributed by atoms with Gasteiger partial charge in [-0.1, -0.05) is 24.3 Å². The number of Topliss-reactive ketones (excluding diaryl/α,β-unsaturated/α-hetero) is 1. The van der Waals surface area contributed by atoms with Gasteiger partial charge in [-0.2, -0.15) is 0 Å². The fourth-order valence-corrected chi connectivity index (χ4v) is 1.39. The molecule has 0 fully saturated rings. The number of fused-ring (bicyclic) bond motifs is 1. The second kappa shape index (κ2) is 3.53. The first-order valence-corrected chi connectivity index (χ1v) is 3.49. The Morgan fingerprint density at radius 2 is 1.82 bits per heavy atom. The van der Waals surface area contributed by atoms with Crippen molar-refractivity contribution in [2.75, 3.05) is 0 Å². The zero-order valence-electron chi connectivity index (χ0n) is 6.63. The first-order valence-electron chi connectivity index (χ1n) is 3.49. The Bertz CT molecular complexity index is 281. The van der Waals surface area contributed by atoms with E-state index in [1.54, 1.807) is 0 Å². The van der Waals surface area contributed by atoms with Gasteiger partial charge in [0.1, 0.15) is 0 Å². The summed E-state index contributed by atoms with van der Waals surface area (Å²) in [6.07, 6.45) is 1.65. The molecule has 0 saturated carbocycles. The van der Waals surface area contributed by atoms with Gasteiger partial charge in [0.05, 0.1) is 0 Å². The van der Waals surface area contributed by atoms with Crippen molar-refractivity contribution in [2.45, 2.75) is 12.8 Å². The summed E-state index contributed by atoms with van der Waals surface area (Å²) in [5.41, 5.74) is 2.15. The van der Waals surface area contributed by atoms with Gasteiger partial charge in [-0.3, -0.25) is 4.79 Å². The van der Waals surface area contributed by atoms with E-state index in [1.165, 1.54) is 5.56 Å². The third-order valence-electron chi connectivity index (χ3n) is 1.94. The van der Waals surface area contributed by atoms with E-state index < -0.39 is 0 Å². The first kappa shape index (κ1) is 8.98. The van der Waals surface area contributed by atoms with E-state index in [4.69, 9.17) is 0 Å². The molecule has 1 radical (unpaired) electrons. The number of rotatable bonds is 0. The molecule has 0 aliphatic heterocycles. The van der Waals surface area contributed by atoms with Crippen LogP contribution in [0.4, 0.5) is 0 Å². The summed E-state index contributed by atoms with van der Waals surface area (Å²) in [4.78, 5) is 11.1. The fraction of sp³-hybridized carbons (Fsp3) is 0.222. The number of hydrogen-bond donors (Lipinski definition) is 0. The van der Waals surface area contributed by atoms with E-state index in [0.29, 0.717) is 12.2 Å². The molecule has 0 unspecified atom stereocenters. The number of aryl methyl sites for hydroxylation is 1. The summed E-state index contributed by atoms with van der Waals surface area (Å²) >= 11 is 0. The van der Waals surface area contributed by atoms with Gasteiger partial charge in [-0.25, -0.2) is 0 Å². The van der Waals surface area contributed by atoms with Crippen LogP contribution >= 0.6 is 0 Å². The summed E-state index contributed by atoms with van der Waals surface area (Å²) < 4.78 is 0. The molecule has 1 aromatic carbocycles. The first-order chi connectivity index (χ1) is 4.88. The topological polar surface area (TPSA) is 17.1 Å². The van der Waals surface area contributed by atoms with E-state index >= 15 is 0 Å². The third kappa shape index (κ3) is 1.56. The summed E-state index contributed by atoms with van der Waals surface area (Å²) in [5.74, 6) is 0.301. The molecule has 11 heavy (non-hydrogen) atoms. The molecule has 1 aromatic rings. The van der Waals surface area contributed by atoms with Gasteiger partial charge in [-0.15, -0.1) is 0 Å². The van der Waals surface area contributed by atoms with E-state index in [0.717, 1.165) is 12.0 Å². The Balaban J connectivity index is 0.000000605. The molecule has 1 nitrogen and oxygen atoms in total. The van der Waals surface area contributed by atoms with Crippen molar-refractivity contribution >= 4 is 35.3 Å². The van der Waals surface area contributed by atoms with Crippen molar-refractivity contribution in [2.24, 2.45) is 0 Å². The van der Waals surface area contributed by atoms with Crippen LogP contribution in [0.3, 0.4) is 0 Å². The zero-order chi connectivity index (χ0) is 6.97. The van der Waals surface area contributed by atoms with Crippen LogP contribution in [0.2, 0.25) is 0 Å². The molecule has 0 saturated heterocycles. The Morgan fingerprint density at radius 1 is 1.09 bits per heavy atom. The molecule has 2 heteroatoms. The molecule has 0 amide bonds. The van der Waals surface area contributed by atoms with Gasteiger partial charge in [0, 0.05) is 41.5 Å². The number of carbonyl (C=O) groups is 1. The van der Waals surface area contributed by atoms with Crippen LogP contribution in [0.25, 0.3) is 0 Å². The van der Waals surface area contributed by atoms with E-state index in [9.17, 15) is 4.79 Å². The van der Waals surface area contributed by atoms with Crippen LogP contribution in [0.5, 0.6) is 0 Å². The van der Waals surface area contributed by atoms with Crippen molar-refractivity contribution in [3.05, 3.63) is 35.4 Å². The van der Waals surface area contributed by atoms with Crippen molar-refractivity contribution in [3.8, 4) is 0 Å². The van der Waals surface area contributed by atoms with Gasteiger partial charge in [0.15, 0.2) is 5.78 Å². The van der Waals surface area contributed by atoms with Crippen LogP contribution < -0.4 is 0 Å². The average Bonchev–Trinajstić information content (AvgIpc) is 2.34. The van der Waals surface area contributed by atoms with Crippen LogP contribution in [0.15, 0.2) is 24.3 Å². The van der Waals surface area contributed by atoms with Crippen LogP contribution in [0.1, 0.15) is 22.3 Å². The molecule has 2 rings (SSSR count). The molecule has 0 bridgehead atoms. The maximum atomic E-state index is 11.1. The largest absolute Gasteiger partial charge is 0.294 e. The molecule has 1 aliphatic rings. The summed E-state index contributed by atoms with van der Waals surface area (Å²) in [6.45, 7) is 0. The molecule has 0 N–H and O–H groups in total. The molecule has 0 heterocycles. The number of benzene rings is 1. The van der Waals surface area contributed by atoms with Crippen molar-refractivity contribution in [1.82, 2.24) is 0 Å². The van der Waals surface area contributed by atoms with Crippen LogP contribution in [-0.2, 0) is 6.42 Å². The quantitative estimate of drug-likeness (QED) is 0.518. The number of carbonyl (C=O) groups excluding carboxylic acids is 1. The van der Waals surface area contributed by atoms with E-state index in [-0.39, 0.29) is 29.6 Å². The number of ketones is 1. The van der Waals surface area contributed by atoms with Gasteiger partial charge in [0.25, 0.3) is 0 Å². The minimum atomic E-state index is 0.